The van der Waals surface area contributed by atoms with E-state index in [1.807, 2.05) is 0 Å². The van der Waals surface area contributed by atoms with E-state index in [1.54, 1.807) is 6.92 Å². The number of pyridine rings is 1. The van der Waals surface area contributed by atoms with E-state index in [2.05, 4.69) is 0 Å². The lowest BCUT2D eigenvalue weighted by molar-refractivity contribution is 0.595. The number of primary sulfonamides is 1. The molecule has 1 rings (SSSR count). The second kappa shape index (κ2) is 3.10. The number of anilines is 1. The Morgan fingerprint density at radius 2 is 1.93 bits per heavy atom. The van der Waals surface area contributed by atoms with Crippen LogP contribution in [0.4, 0.5) is 5.69 Å². The van der Waals surface area contributed by atoms with Gasteiger partial charge in [-0.05, 0) is 13.0 Å². The third kappa shape index (κ3) is 1.64. The van der Waals surface area contributed by atoms with Crippen LogP contribution in [0.2, 0.25) is 0 Å². The Hall–Kier alpha value is -1.34. The van der Waals surface area contributed by atoms with Crippen molar-refractivity contribution in [3.05, 3.63) is 22.1 Å². The standard InChI is InChI=1S/C7H11N3O3S/c1-4-3-5(8)6(14(9,12)13)7(11)10(4)2/h3H,8H2,1-2H3,(H2,9,12,13). The fraction of sp³-hybridized carbons (Fsp3) is 0.286. The van der Waals surface area contributed by atoms with Crippen LogP contribution in [-0.2, 0) is 17.1 Å². The second-order valence-corrected chi connectivity index (χ2v) is 4.48. The molecule has 0 radical (unpaired) electrons. The maximum absolute atomic E-state index is 11.5. The third-order valence-electron chi connectivity index (χ3n) is 1.94. The van der Waals surface area contributed by atoms with Gasteiger partial charge in [-0.3, -0.25) is 4.79 Å². The predicted molar refractivity (Wildman–Crippen MR) is 52.2 cm³/mol. The lowest BCUT2D eigenvalue weighted by Gasteiger charge is -2.08. The summed E-state index contributed by atoms with van der Waals surface area (Å²) in [6.07, 6.45) is 0. The third-order valence-corrected chi connectivity index (χ3v) is 2.92. The Labute approximate surface area is 81.2 Å². The van der Waals surface area contributed by atoms with E-state index in [0.717, 1.165) is 0 Å². The van der Waals surface area contributed by atoms with Crippen LogP contribution in [-0.4, -0.2) is 13.0 Å². The fourth-order valence-electron chi connectivity index (χ4n) is 1.11. The van der Waals surface area contributed by atoms with Crippen molar-refractivity contribution in [2.24, 2.45) is 12.2 Å². The molecule has 1 heterocycles. The summed E-state index contributed by atoms with van der Waals surface area (Å²) in [5, 5.41) is 4.86. The number of sulfonamides is 1. The first-order valence-electron chi connectivity index (χ1n) is 3.74. The highest BCUT2D eigenvalue weighted by atomic mass is 32.2. The van der Waals surface area contributed by atoms with E-state index in [1.165, 1.54) is 17.7 Å². The van der Waals surface area contributed by atoms with E-state index in [0.29, 0.717) is 5.69 Å². The summed E-state index contributed by atoms with van der Waals surface area (Å²) in [4.78, 5) is 10.9. The van der Waals surface area contributed by atoms with Gasteiger partial charge in [-0.1, -0.05) is 0 Å². The molecule has 6 nitrogen and oxygen atoms in total. The summed E-state index contributed by atoms with van der Waals surface area (Å²) in [7, 11) is -2.61. The monoisotopic (exact) mass is 217 g/mol. The molecular weight excluding hydrogens is 206 g/mol. The van der Waals surface area contributed by atoms with Gasteiger partial charge in [0.05, 0.1) is 5.69 Å². The largest absolute Gasteiger partial charge is 0.397 e. The van der Waals surface area contributed by atoms with E-state index in [4.69, 9.17) is 10.9 Å². The molecule has 0 aromatic carbocycles. The van der Waals surface area contributed by atoms with Crippen LogP contribution >= 0.6 is 0 Å². The molecule has 0 bridgehead atoms. The van der Waals surface area contributed by atoms with Gasteiger partial charge in [-0.15, -0.1) is 0 Å². The van der Waals surface area contributed by atoms with Crippen molar-refractivity contribution >= 4 is 15.7 Å². The number of aromatic nitrogens is 1. The molecule has 0 atom stereocenters. The minimum absolute atomic E-state index is 0.117. The normalized spacial score (nSPS) is 11.6. The topological polar surface area (TPSA) is 108 Å². The lowest BCUT2D eigenvalue weighted by Crippen LogP contribution is -2.30. The number of nitrogen functional groups attached to an aromatic ring is 1. The number of aryl methyl sites for hydroxylation is 1. The molecule has 7 heteroatoms. The van der Waals surface area contributed by atoms with Gasteiger partial charge in [0.1, 0.15) is 0 Å². The van der Waals surface area contributed by atoms with E-state index >= 15 is 0 Å². The maximum Gasteiger partial charge on any atom is 0.272 e. The fourth-order valence-corrected chi connectivity index (χ4v) is 1.88. The minimum Gasteiger partial charge on any atom is -0.397 e. The number of nitrogens with two attached hydrogens (primary N) is 2. The summed E-state index contributed by atoms with van der Waals surface area (Å²) in [5.41, 5.74) is 5.15. The van der Waals surface area contributed by atoms with Gasteiger partial charge in [-0.2, -0.15) is 0 Å². The SMILES string of the molecule is Cc1cc(N)c(S(N)(=O)=O)c(=O)n1C. The first kappa shape index (κ1) is 10.7. The first-order chi connectivity index (χ1) is 6.25. The minimum atomic E-state index is -4.06. The van der Waals surface area contributed by atoms with Crippen LogP contribution in [0.5, 0.6) is 0 Å². The van der Waals surface area contributed by atoms with Gasteiger partial charge in [0.2, 0.25) is 10.0 Å². The molecule has 0 aliphatic rings. The molecule has 0 saturated heterocycles. The molecule has 78 valence electrons. The van der Waals surface area contributed by atoms with Crippen molar-refractivity contribution in [2.45, 2.75) is 11.8 Å². The van der Waals surface area contributed by atoms with Crippen LogP contribution in [0.1, 0.15) is 5.69 Å². The van der Waals surface area contributed by atoms with Crippen molar-refractivity contribution in [3.63, 3.8) is 0 Å². The van der Waals surface area contributed by atoms with Gasteiger partial charge in [0.25, 0.3) is 5.56 Å². The van der Waals surface area contributed by atoms with Gasteiger partial charge in [0.15, 0.2) is 4.90 Å². The van der Waals surface area contributed by atoms with Crippen molar-refractivity contribution in [1.82, 2.24) is 4.57 Å². The molecule has 0 aliphatic heterocycles. The molecule has 0 saturated carbocycles. The van der Waals surface area contributed by atoms with Crippen LogP contribution in [0.15, 0.2) is 15.8 Å². The number of rotatable bonds is 1. The van der Waals surface area contributed by atoms with Crippen molar-refractivity contribution in [1.29, 1.82) is 0 Å². The average Bonchev–Trinajstić information content (AvgIpc) is 1.97. The summed E-state index contributed by atoms with van der Waals surface area (Å²) in [6, 6.07) is 1.39. The van der Waals surface area contributed by atoms with Gasteiger partial charge >= 0.3 is 0 Å². The zero-order valence-electron chi connectivity index (χ0n) is 7.81. The van der Waals surface area contributed by atoms with E-state index < -0.39 is 20.5 Å². The second-order valence-electron chi connectivity index (χ2n) is 2.98. The molecule has 14 heavy (non-hydrogen) atoms. The van der Waals surface area contributed by atoms with E-state index in [-0.39, 0.29) is 5.69 Å². The molecule has 1 aromatic heterocycles. The Morgan fingerprint density at radius 1 is 1.43 bits per heavy atom. The quantitative estimate of drug-likeness (QED) is 0.623. The molecule has 0 unspecified atom stereocenters. The molecule has 0 aliphatic carbocycles. The zero-order chi connectivity index (χ0) is 11.1. The summed E-state index contributed by atoms with van der Waals surface area (Å²) < 4.78 is 23.2. The number of nitrogens with zero attached hydrogens (tertiary/aromatic N) is 1. The highest BCUT2D eigenvalue weighted by Crippen LogP contribution is 2.12. The van der Waals surface area contributed by atoms with Crippen LogP contribution in [0.3, 0.4) is 0 Å². The molecular formula is C7H11N3O3S. The summed E-state index contributed by atoms with van der Waals surface area (Å²) in [6.45, 7) is 1.64. The van der Waals surface area contributed by atoms with Crippen molar-refractivity contribution in [3.8, 4) is 0 Å². The Morgan fingerprint density at radius 3 is 2.36 bits per heavy atom. The Bertz CT molecular complexity index is 530. The molecule has 0 fully saturated rings. The van der Waals surface area contributed by atoms with Crippen LogP contribution in [0.25, 0.3) is 0 Å². The van der Waals surface area contributed by atoms with Gasteiger partial charge in [-0.25, -0.2) is 13.6 Å². The highest BCUT2D eigenvalue weighted by molar-refractivity contribution is 7.89. The highest BCUT2D eigenvalue weighted by Gasteiger charge is 2.19. The van der Waals surface area contributed by atoms with Crippen LogP contribution in [0, 0.1) is 6.92 Å². The lowest BCUT2D eigenvalue weighted by atomic mass is 10.3. The Kier molecular flexibility index (Phi) is 2.38. The van der Waals surface area contributed by atoms with Gasteiger partial charge in [0, 0.05) is 12.7 Å². The molecule has 0 spiro atoms. The van der Waals surface area contributed by atoms with Crippen LogP contribution < -0.4 is 16.4 Å². The summed E-state index contributed by atoms with van der Waals surface area (Å²) >= 11 is 0. The maximum atomic E-state index is 11.5. The van der Waals surface area contributed by atoms with Crippen molar-refractivity contribution in [2.75, 3.05) is 5.73 Å². The molecule has 4 N–H and O–H groups in total. The number of hydrogen-bond acceptors (Lipinski definition) is 4. The number of hydrogen-bond donors (Lipinski definition) is 2. The van der Waals surface area contributed by atoms with E-state index in [9.17, 15) is 13.2 Å². The predicted octanol–water partition coefficient (Wildman–Crippen LogP) is -1.08. The van der Waals surface area contributed by atoms with Gasteiger partial charge < -0.3 is 10.3 Å². The van der Waals surface area contributed by atoms with Crippen molar-refractivity contribution < 1.29 is 8.42 Å². The zero-order valence-corrected chi connectivity index (χ0v) is 8.63. The summed E-state index contributed by atoms with van der Waals surface area (Å²) in [5.74, 6) is 0. The Balaban J connectivity index is 3.80. The smallest absolute Gasteiger partial charge is 0.272 e. The first-order valence-corrected chi connectivity index (χ1v) is 5.28. The average molecular weight is 217 g/mol. The molecule has 1 aromatic rings. The molecule has 0 amide bonds.